The molecule has 0 fully saturated rings. The molecular formula is C24H21ClN2O2S. The molecular weight excluding hydrogens is 416 g/mol. The van der Waals surface area contributed by atoms with E-state index in [0.717, 1.165) is 41.0 Å². The third-order valence-corrected chi connectivity index (χ3v) is 6.69. The summed E-state index contributed by atoms with van der Waals surface area (Å²) in [5.74, 6) is 1.26. The Balaban J connectivity index is 1.53. The van der Waals surface area contributed by atoms with Crippen molar-refractivity contribution in [1.29, 1.82) is 5.26 Å². The lowest BCUT2D eigenvalue weighted by Crippen LogP contribution is -1.99. The van der Waals surface area contributed by atoms with Crippen LogP contribution in [0.5, 0.6) is 11.5 Å². The molecule has 152 valence electrons. The van der Waals surface area contributed by atoms with Crippen LogP contribution in [0.1, 0.15) is 40.0 Å². The molecule has 0 saturated heterocycles. The van der Waals surface area contributed by atoms with Crippen LogP contribution in [0.4, 0.5) is 5.00 Å². The van der Waals surface area contributed by atoms with Crippen molar-refractivity contribution in [3.63, 3.8) is 0 Å². The Labute approximate surface area is 185 Å². The highest BCUT2D eigenvalue weighted by Crippen LogP contribution is 2.39. The third kappa shape index (κ3) is 4.35. The van der Waals surface area contributed by atoms with Gasteiger partial charge < -0.3 is 9.47 Å². The number of hydrogen-bond donors (Lipinski definition) is 0. The first kappa shape index (κ1) is 20.5. The zero-order chi connectivity index (χ0) is 20.9. The maximum Gasteiger partial charge on any atom is 0.161 e. The lowest BCUT2D eigenvalue weighted by Gasteiger charge is -2.12. The van der Waals surface area contributed by atoms with E-state index in [9.17, 15) is 5.26 Å². The molecule has 4 rings (SSSR count). The second-order valence-corrected chi connectivity index (χ2v) is 8.54. The predicted molar refractivity (Wildman–Crippen MR) is 122 cm³/mol. The van der Waals surface area contributed by atoms with E-state index in [2.05, 4.69) is 11.1 Å². The monoisotopic (exact) mass is 436 g/mol. The summed E-state index contributed by atoms with van der Waals surface area (Å²) in [4.78, 5) is 5.93. The first-order chi connectivity index (χ1) is 14.7. The van der Waals surface area contributed by atoms with E-state index in [1.54, 1.807) is 24.7 Å². The van der Waals surface area contributed by atoms with Gasteiger partial charge in [-0.2, -0.15) is 5.26 Å². The number of nitriles is 1. The third-order valence-electron chi connectivity index (χ3n) is 5.12. The summed E-state index contributed by atoms with van der Waals surface area (Å²) in [5, 5.41) is 11.1. The van der Waals surface area contributed by atoms with Crippen LogP contribution in [0.15, 0.2) is 47.5 Å². The number of fused-ring (bicyclic) bond motifs is 1. The number of methoxy groups -OCH3 is 1. The van der Waals surface area contributed by atoms with Gasteiger partial charge in [0.25, 0.3) is 0 Å². The smallest absolute Gasteiger partial charge is 0.161 e. The highest BCUT2D eigenvalue weighted by molar-refractivity contribution is 7.16. The molecule has 0 saturated carbocycles. The molecule has 0 radical (unpaired) electrons. The summed E-state index contributed by atoms with van der Waals surface area (Å²) in [6.45, 7) is 0.357. The van der Waals surface area contributed by atoms with Crippen molar-refractivity contribution in [1.82, 2.24) is 0 Å². The minimum Gasteiger partial charge on any atom is -0.493 e. The summed E-state index contributed by atoms with van der Waals surface area (Å²) in [6.07, 6.45) is 6.15. The van der Waals surface area contributed by atoms with Crippen LogP contribution >= 0.6 is 22.9 Å². The zero-order valence-electron chi connectivity index (χ0n) is 16.7. The number of halogens is 1. The van der Waals surface area contributed by atoms with E-state index in [0.29, 0.717) is 23.1 Å². The average molecular weight is 437 g/mol. The number of rotatable bonds is 6. The van der Waals surface area contributed by atoms with Crippen molar-refractivity contribution in [3.05, 3.63) is 74.6 Å². The first-order valence-electron chi connectivity index (χ1n) is 9.82. The Morgan fingerprint density at radius 1 is 1.17 bits per heavy atom. The number of aliphatic imine (C=N–C) groups is 1. The van der Waals surface area contributed by atoms with Crippen molar-refractivity contribution >= 4 is 34.2 Å². The molecule has 30 heavy (non-hydrogen) atoms. The Hall–Kier alpha value is -2.81. The summed E-state index contributed by atoms with van der Waals surface area (Å²) >= 11 is 7.84. The van der Waals surface area contributed by atoms with Gasteiger partial charge in [-0.1, -0.05) is 29.8 Å². The van der Waals surface area contributed by atoms with Gasteiger partial charge in [-0.15, -0.1) is 11.3 Å². The fourth-order valence-electron chi connectivity index (χ4n) is 3.55. The molecule has 0 spiro atoms. The molecule has 6 heteroatoms. The summed E-state index contributed by atoms with van der Waals surface area (Å²) in [5.41, 5.74) is 3.73. The normalized spacial score (nSPS) is 13.1. The van der Waals surface area contributed by atoms with E-state index in [1.807, 2.05) is 42.5 Å². The van der Waals surface area contributed by atoms with Crippen LogP contribution in [0.3, 0.4) is 0 Å². The van der Waals surface area contributed by atoms with E-state index >= 15 is 0 Å². The quantitative estimate of drug-likeness (QED) is 0.415. The van der Waals surface area contributed by atoms with Gasteiger partial charge in [0.15, 0.2) is 11.5 Å². The topological polar surface area (TPSA) is 54.6 Å². The molecule has 0 unspecified atom stereocenters. The fourth-order valence-corrected chi connectivity index (χ4v) is 4.92. The summed E-state index contributed by atoms with van der Waals surface area (Å²) in [7, 11) is 1.61. The Bertz CT molecular complexity index is 1130. The summed E-state index contributed by atoms with van der Waals surface area (Å²) < 4.78 is 11.4. The lowest BCUT2D eigenvalue weighted by molar-refractivity contribution is 0.284. The standard InChI is InChI=1S/C24H21ClN2O2S/c1-28-22-12-16(10-11-21(22)29-15-17-6-2-4-8-20(17)25)14-27-24-19(13-26)18-7-3-5-9-23(18)30-24/h2,4,6,8,10-12,14H,3,5,7,9,15H2,1H3. The molecule has 0 bridgehead atoms. The molecule has 3 aromatic rings. The lowest BCUT2D eigenvalue weighted by atomic mass is 9.96. The molecule has 0 amide bonds. The second kappa shape index (κ2) is 9.34. The van der Waals surface area contributed by atoms with Gasteiger partial charge in [-0.05, 0) is 61.1 Å². The Morgan fingerprint density at radius 2 is 2.00 bits per heavy atom. The maximum absolute atomic E-state index is 9.59. The molecule has 0 N–H and O–H groups in total. The Morgan fingerprint density at radius 3 is 2.80 bits per heavy atom. The molecule has 1 aliphatic carbocycles. The van der Waals surface area contributed by atoms with Gasteiger partial charge in [-0.25, -0.2) is 4.99 Å². The van der Waals surface area contributed by atoms with E-state index < -0.39 is 0 Å². The van der Waals surface area contributed by atoms with Gasteiger partial charge >= 0.3 is 0 Å². The van der Waals surface area contributed by atoms with Gasteiger partial charge in [0.1, 0.15) is 17.7 Å². The Kier molecular flexibility index (Phi) is 6.37. The molecule has 1 aliphatic rings. The van der Waals surface area contributed by atoms with Crippen molar-refractivity contribution in [2.24, 2.45) is 4.99 Å². The average Bonchev–Trinajstić information content (AvgIpc) is 3.15. The van der Waals surface area contributed by atoms with Crippen LogP contribution in [0.25, 0.3) is 0 Å². The van der Waals surface area contributed by atoms with Crippen LogP contribution < -0.4 is 9.47 Å². The van der Waals surface area contributed by atoms with Crippen LogP contribution in [0, 0.1) is 11.3 Å². The molecule has 2 aromatic carbocycles. The van der Waals surface area contributed by atoms with Crippen molar-refractivity contribution in [3.8, 4) is 17.6 Å². The highest BCUT2D eigenvalue weighted by Gasteiger charge is 2.20. The number of hydrogen-bond acceptors (Lipinski definition) is 5. The number of nitrogens with zero attached hydrogens (tertiary/aromatic N) is 2. The van der Waals surface area contributed by atoms with E-state index in [-0.39, 0.29) is 0 Å². The number of thiophene rings is 1. The van der Waals surface area contributed by atoms with Crippen LogP contribution in [0.2, 0.25) is 5.02 Å². The van der Waals surface area contributed by atoms with E-state index in [1.165, 1.54) is 16.9 Å². The van der Waals surface area contributed by atoms with Crippen LogP contribution in [-0.2, 0) is 19.4 Å². The predicted octanol–water partition coefficient (Wildman–Crippen LogP) is 6.49. The van der Waals surface area contributed by atoms with Gasteiger partial charge in [0.2, 0.25) is 0 Å². The van der Waals surface area contributed by atoms with Gasteiger partial charge in [0, 0.05) is 21.7 Å². The van der Waals surface area contributed by atoms with E-state index in [4.69, 9.17) is 21.1 Å². The number of aryl methyl sites for hydroxylation is 1. The molecule has 1 aromatic heterocycles. The molecule has 0 atom stereocenters. The second-order valence-electron chi connectivity index (χ2n) is 7.05. The van der Waals surface area contributed by atoms with Crippen molar-refractivity contribution < 1.29 is 9.47 Å². The maximum atomic E-state index is 9.59. The number of ether oxygens (including phenoxy) is 2. The summed E-state index contributed by atoms with van der Waals surface area (Å²) in [6, 6.07) is 15.6. The molecule has 1 heterocycles. The van der Waals surface area contributed by atoms with Crippen molar-refractivity contribution in [2.75, 3.05) is 7.11 Å². The minimum atomic E-state index is 0.357. The molecule has 4 nitrogen and oxygen atoms in total. The fraction of sp³-hybridized carbons (Fsp3) is 0.250. The van der Waals surface area contributed by atoms with Crippen LogP contribution in [-0.4, -0.2) is 13.3 Å². The minimum absolute atomic E-state index is 0.357. The molecule has 0 aliphatic heterocycles. The van der Waals surface area contributed by atoms with Gasteiger partial charge in [-0.3, -0.25) is 0 Å². The SMILES string of the molecule is COc1cc(C=Nc2sc3c(c2C#N)CCCC3)ccc1OCc1ccccc1Cl. The largest absolute Gasteiger partial charge is 0.493 e. The first-order valence-corrected chi connectivity index (χ1v) is 11.0. The van der Waals surface area contributed by atoms with Gasteiger partial charge in [0.05, 0.1) is 12.7 Å². The van der Waals surface area contributed by atoms with Crippen molar-refractivity contribution in [2.45, 2.75) is 32.3 Å². The highest BCUT2D eigenvalue weighted by atomic mass is 35.5. The zero-order valence-corrected chi connectivity index (χ0v) is 18.2. The number of benzene rings is 2.